The first-order valence-corrected chi connectivity index (χ1v) is 11.4. The Balaban J connectivity index is 2.02. The number of hydrogen-bond acceptors (Lipinski definition) is 9. The number of rotatable bonds is 4. The van der Waals surface area contributed by atoms with Crippen molar-refractivity contribution in [3.05, 3.63) is 57.6 Å². The average Bonchev–Trinajstić information content (AvgIpc) is 2.75. The third-order valence-corrected chi connectivity index (χ3v) is 7.56. The van der Waals surface area contributed by atoms with Gasteiger partial charge in [0.15, 0.2) is 17.2 Å². The van der Waals surface area contributed by atoms with E-state index >= 15 is 0 Å². The van der Waals surface area contributed by atoms with Crippen molar-refractivity contribution in [1.29, 1.82) is 0 Å². The van der Waals surface area contributed by atoms with Gasteiger partial charge in [-0.15, -0.1) is 0 Å². The van der Waals surface area contributed by atoms with Gasteiger partial charge in [0, 0.05) is 22.6 Å². The summed E-state index contributed by atoms with van der Waals surface area (Å²) in [4.78, 5) is 53.0. The molecule has 0 bridgehead atoms. The highest BCUT2D eigenvalue weighted by atomic mass is 16.3. The first-order valence-electron chi connectivity index (χ1n) is 11.4. The van der Waals surface area contributed by atoms with E-state index in [9.17, 15) is 39.6 Å². The molecular weight excluding hydrogens is 468 g/mol. The summed E-state index contributed by atoms with van der Waals surface area (Å²) in [6, 6.07) is 0.391. The number of benzene rings is 1. The fraction of sp³-hybridized carbons (Fsp3) is 0.385. The van der Waals surface area contributed by atoms with Gasteiger partial charge in [0.25, 0.3) is 5.91 Å². The van der Waals surface area contributed by atoms with E-state index in [2.05, 4.69) is 6.58 Å². The minimum atomic E-state index is -2.71. The van der Waals surface area contributed by atoms with Crippen molar-refractivity contribution in [1.82, 2.24) is 4.90 Å². The van der Waals surface area contributed by atoms with Gasteiger partial charge in [-0.25, -0.2) is 0 Å². The maximum Gasteiger partial charge on any atom is 0.255 e. The lowest BCUT2D eigenvalue weighted by Gasteiger charge is -2.50. The van der Waals surface area contributed by atoms with Crippen LogP contribution in [0.25, 0.3) is 5.57 Å². The van der Waals surface area contributed by atoms with Crippen molar-refractivity contribution in [2.75, 3.05) is 14.1 Å². The van der Waals surface area contributed by atoms with Gasteiger partial charge in [-0.1, -0.05) is 6.58 Å². The van der Waals surface area contributed by atoms with Gasteiger partial charge in [-0.2, -0.15) is 0 Å². The summed E-state index contributed by atoms with van der Waals surface area (Å²) < 4.78 is 0. The third kappa shape index (κ3) is 3.17. The Morgan fingerprint density at radius 1 is 1.14 bits per heavy atom. The van der Waals surface area contributed by atoms with Crippen molar-refractivity contribution < 1.29 is 39.6 Å². The molecule has 3 aliphatic carbocycles. The third-order valence-electron chi connectivity index (χ3n) is 7.56. The number of aliphatic hydroxyl groups is 3. The molecule has 3 aliphatic rings. The highest BCUT2D eigenvalue weighted by molar-refractivity contribution is 6.25. The molecule has 0 aliphatic heterocycles. The molecule has 0 radical (unpaired) electrons. The molecule has 6 N–H and O–H groups in total. The normalized spacial score (nSPS) is 27.6. The van der Waals surface area contributed by atoms with Crippen LogP contribution in [-0.2, 0) is 16.0 Å². The number of fused-ring (bicyclic) bond motifs is 3. The molecular formula is C26H28N2O8. The van der Waals surface area contributed by atoms with E-state index in [1.807, 2.05) is 0 Å². The average molecular weight is 497 g/mol. The summed E-state index contributed by atoms with van der Waals surface area (Å²) in [6.45, 7) is 6.71. The predicted molar refractivity (Wildman–Crippen MR) is 128 cm³/mol. The van der Waals surface area contributed by atoms with E-state index < -0.39 is 63.8 Å². The zero-order chi connectivity index (χ0) is 27.0. The number of Topliss-reactive ketones (excluding diaryl/α,β-unsaturated/α-hetero) is 3. The largest absolute Gasteiger partial charge is 0.510 e. The summed E-state index contributed by atoms with van der Waals surface area (Å²) in [5, 5.41) is 44.6. The van der Waals surface area contributed by atoms with E-state index in [0.29, 0.717) is 11.1 Å². The number of carbonyl (C=O) groups excluding carboxylic acids is 4. The molecule has 0 fully saturated rings. The first kappa shape index (κ1) is 25.3. The van der Waals surface area contributed by atoms with Crippen LogP contribution >= 0.6 is 0 Å². The van der Waals surface area contributed by atoms with Crippen LogP contribution in [0.5, 0.6) is 5.75 Å². The predicted octanol–water partition coefficient (Wildman–Crippen LogP) is 1.36. The molecule has 1 aromatic carbocycles. The maximum absolute atomic E-state index is 13.7. The van der Waals surface area contributed by atoms with Gasteiger partial charge < -0.3 is 26.2 Å². The quantitative estimate of drug-likeness (QED) is 0.304. The lowest BCUT2D eigenvalue weighted by atomic mass is 9.58. The highest BCUT2D eigenvalue weighted by Crippen LogP contribution is 2.53. The highest BCUT2D eigenvalue weighted by Gasteiger charge is 2.63. The molecule has 1 amide bonds. The van der Waals surface area contributed by atoms with Crippen LogP contribution in [0.4, 0.5) is 0 Å². The van der Waals surface area contributed by atoms with Gasteiger partial charge in [0.2, 0.25) is 5.78 Å². The van der Waals surface area contributed by atoms with E-state index in [4.69, 9.17) is 5.73 Å². The summed E-state index contributed by atoms with van der Waals surface area (Å²) in [5.74, 6) is -7.66. The number of nitrogens with zero attached hydrogens (tertiary/aromatic N) is 1. The van der Waals surface area contributed by atoms with E-state index in [-0.39, 0.29) is 40.9 Å². The number of likely N-dealkylation sites (N-methyl/N-ethyl adjacent to an activating group) is 1. The molecule has 0 unspecified atom stereocenters. The Morgan fingerprint density at radius 2 is 1.75 bits per heavy atom. The Hall–Kier alpha value is -3.76. The van der Waals surface area contributed by atoms with Gasteiger partial charge in [0.1, 0.15) is 22.8 Å². The number of amides is 1. The molecule has 36 heavy (non-hydrogen) atoms. The maximum atomic E-state index is 13.7. The summed E-state index contributed by atoms with van der Waals surface area (Å²) in [6.07, 6.45) is -0.000408. The fourth-order valence-corrected chi connectivity index (χ4v) is 5.96. The molecule has 4 rings (SSSR count). The van der Waals surface area contributed by atoms with E-state index in [1.165, 1.54) is 17.9 Å². The Morgan fingerprint density at radius 3 is 2.25 bits per heavy atom. The van der Waals surface area contributed by atoms with Crippen molar-refractivity contribution >= 4 is 28.8 Å². The van der Waals surface area contributed by atoms with Crippen molar-refractivity contribution in [2.45, 2.75) is 38.3 Å². The summed E-state index contributed by atoms with van der Waals surface area (Å²) in [7, 11) is 3.11. The number of allylic oxidation sites excluding steroid dienone is 2. The fourth-order valence-electron chi connectivity index (χ4n) is 5.96. The lowest BCUT2D eigenvalue weighted by molar-refractivity contribution is -0.148. The minimum Gasteiger partial charge on any atom is -0.510 e. The number of hydrogen-bond donors (Lipinski definition) is 5. The second-order valence-electron chi connectivity index (χ2n) is 9.97. The number of nitrogens with two attached hydrogens (primary N) is 1. The molecule has 0 spiro atoms. The lowest BCUT2D eigenvalue weighted by Crippen LogP contribution is -2.63. The zero-order valence-electron chi connectivity index (χ0n) is 20.4. The van der Waals surface area contributed by atoms with Crippen LogP contribution in [-0.4, -0.2) is 74.3 Å². The first-order chi connectivity index (χ1) is 16.7. The van der Waals surface area contributed by atoms with Crippen LogP contribution in [0.15, 0.2) is 35.3 Å². The second-order valence-corrected chi connectivity index (χ2v) is 9.97. The number of phenols is 1. The molecule has 1 aromatic rings. The molecule has 0 saturated heterocycles. The molecule has 190 valence electrons. The SMILES string of the molecule is C=C(C)c1cc(C(C)=O)c2c(c1O)C(=O)C1=C(O)[C@]3(O)C(=O)C(C(N)=O)=C(O)[C@@H](N(C)C)[C@@H]3C[C@@H]1C2. The van der Waals surface area contributed by atoms with Gasteiger partial charge in [0.05, 0.1) is 11.6 Å². The summed E-state index contributed by atoms with van der Waals surface area (Å²) in [5.41, 5.74) is 2.36. The number of phenolic OH excluding ortho intramolecular Hbond substituents is 1. The smallest absolute Gasteiger partial charge is 0.255 e. The molecule has 0 aromatic heterocycles. The summed E-state index contributed by atoms with van der Waals surface area (Å²) >= 11 is 0. The Bertz CT molecular complexity index is 1350. The Kier molecular flexibility index (Phi) is 5.73. The molecule has 10 heteroatoms. The number of primary amides is 1. The van der Waals surface area contributed by atoms with E-state index in [0.717, 1.165) is 0 Å². The van der Waals surface area contributed by atoms with Gasteiger partial charge >= 0.3 is 0 Å². The van der Waals surface area contributed by atoms with Crippen LogP contribution in [0, 0.1) is 11.8 Å². The van der Waals surface area contributed by atoms with Crippen molar-refractivity contribution in [2.24, 2.45) is 17.6 Å². The molecule has 4 atom stereocenters. The van der Waals surface area contributed by atoms with Crippen LogP contribution in [0.3, 0.4) is 0 Å². The number of ketones is 3. The van der Waals surface area contributed by atoms with Crippen LogP contribution < -0.4 is 5.73 Å². The van der Waals surface area contributed by atoms with Gasteiger partial charge in [-0.3, -0.25) is 24.1 Å². The number of carbonyl (C=O) groups is 4. The Labute approximate surface area is 207 Å². The van der Waals surface area contributed by atoms with Gasteiger partial charge in [-0.05, 0) is 63.9 Å². The minimum absolute atomic E-state index is 0.0491. The zero-order valence-corrected chi connectivity index (χ0v) is 20.4. The van der Waals surface area contributed by atoms with Crippen LogP contribution in [0.2, 0.25) is 0 Å². The van der Waals surface area contributed by atoms with Crippen LogP contribution in [0.1, 0.15) is 52.1 Å². The number of aliphatic hydroxyl groups excluding tert-OH is 2. The molecule has 10 nitrogen and oxygen atoms in total. The number of aromatic hydroxyl groups is 1. The molecule has 0 saturated carbocycles. The topological polar surface area (TPSA) is 178 Å². The standard InChI is InChI=1S/C26H28N2O8/c1-9(2)12-8-13(10(3)29)14-6-11-7-15-19(28(4)5)22(32)18(25(27)35)24(34)26(15,36)23(33)16(11)21(31)17(14)20(12)30/h8,11,15,19,30,32-33,36H,1,6-7H2,2-5H3,(H2,27,35)/t11-,15-,19-,26-/m0/s1. The van der Waals surface area contributed by atoms with Crippen molar-refractivity contribution in [3.63, 3.8) is 0 Å². The van der Waals surface area contributed by atoms with Crippen molar-refractivity contribution in [3.8, 4) is 5.75 Å². The monoisotopic (exact) mass is 496 g/mol. The second kappa shape index (κ2) is 8.14. The van der Waals surface area contributed by atoms with E-state index in [1.54, 1.807) is 21.0 Å². The molecule has 0 heterocycles.